The molecule has 0 aromatic carbocycles. The van der Waals surface area contributed by atoms with Crippen LogP contribution in [0.3, 0.4) is 0 Å². The van der Waals surface area contributed by atoms with Crippen LogP contribution in [0.25, 0.3) is 0 Å². The highest BCUT2D eigenvalue weighted by Gasteiger charge is 2.19. The van der Waals surface area contributed by atoms with E-state index < -0.39 is 0 Å². The van der Waals surface area contributed by atoms with E-state index in [0.717, 1.165) is 38.7 Å². The third-order valence-electron chi connectivity index (χ3n) is 3.51. The maximum Gasteiger partial charge on any atom is 0.225 e. The van der Waals surface area contributed by atoms with E-state index in [-0.39, 0.29) is 0 Å². The minimum Gasteiger partial charge on any atom is -0.338 e. The van der Waals surface area contributed by atoms with Gasteiger partial charge in [-0.25, -0.2) is 9.97 Å². The maximum absolute atomic E-state index is 5.66. The Morgan fingerprint density at radius 2 is 1.75 bits per heavy atom. The molecule has 5 nitrogen and oxygen atoms in total. The van der Waals surface area contributed by atoms with Gasteiger partial charge < -0.3 is 10.6 Å². The van der Waals surface area contributed by atoms with Crippen LogP contribution in [0.2, 0.25) is 0 Å². The minimum atomic E-state index is 0.643. The van der Waals surface area contributed by atoms with Crippen molar-refractivity contribution in [3.05, 3.63) is 40.3 Å². The fourth-order valence-electron chi connectivity index (χ4n) is 2.40. The lowest BCUT2D eigenvalue weighted by Crippen LogP contribution is -2.46. The smallest absolute Gasteiger partial charge is 0.225 e. The molecule has 0 bridgehead atoms. The molecule has 0 aliphatic carbocycles. The van der Waals surface area contributed by atoms with Crippen LogP contribution < -0.4 is 10.6 Å². The SMILES string of the molecule is NCc1ccc(CN2CCN(c3ncccn3)CC2)s1. The van der Waals surface area contributed by atoms with Gasteiger partial charge in [-0.15, -0.1) is 11.3 Å². The van der Waals surface area contributed by atoms with Crippen molar-refractivity contribution >= 4 is 17.3 Å². The van der Waals surface area contributed by atoms with E-state index in [4.69, 9.17) is 5.73 Å². The van der Waals surface area contributed by atoms with Gasteiger partial charge in [-0.1, -0.05) is 0 Å². The molecule has 3 rings (SSSR count). The molecule has 2 aromatic rings. The van der Waals surface area contributed by atoms with E-state index in [2.05, 4.69) is 31.9 Å². The molecule has 0 amide bonds. The largest absolute Gasteiger partial charge is 0.338 e. The van der Waals surface area contributed by atoms with Crippen LogP contribution in [0, 0.1) is 0 Å². The van der Waals surface area contributed by atoms with Gasteiger partial charge in [0.1, 0.15) is 0 Å². The van der Waals surface area contributed by atoms with Gasteiger partial charge in [0.15, 0.2) is 0 Å². The number of piperazine rings is 1. The normalized spacial score (nSPS) is 16.6. The lowest BCUT2D eigenvalue weighted by molar-refractivity contribution is 0.251. The van der Waals surface area contributed by atoms with Crippen molar-refractivity contribution in [1.29, 1.82) is 0 Å². The predicted octanol–water partition coefficient (Wildman–Crippen LogP) is 1.32. The summed E-state index contributed by atoms with van der Waals surface area (Å²) in [6, 6.07) is 6.18. The molecule has 0 unspecified atom stereocenters. The molecule has 6 heteroatoms. The lowest BCUT2D eigenvalue weighted by Gasteiger charge is -2.34. The summed E-state index contributed by atoms with van der Waals surface area (Å²) in [6.45, 7) is 5.73. The van der Waals surface area contributed by atoms with Crippen LogP contribution in [-0.2, 0) is 13.1 Å². The average molecular weight is 289 g/mol. The Hall–Kier alpha value is -1.50. The zero-order valence-electron chi connectivity index (χ0n) is 11.4. The van der Waals surface area contributed by atoms with Crippen LogP contribution in [0.15, 0.2) is 30.6 Å². The van der Waals surface area contributed by atoms with E-state index in [1.807, 2.05) is 17.4 Å². The zero-order chi connectivity index (χ0) is 13.8. The maximum atomic E-state index is 5.66. The fraction of sp³-hybridized carbons (Fsp3) is 0.429. The molecule has 0 saturated carbocycles. The molecule has 0 radical (unpaired) electrons. The predicted molar refractivity (Wildman–Crippen MR) is 81.7 cm³/mol. The van der Waals surface area contributed by atoms with Gasteiger partial charge in [0.25, 0.3) is 0 Å². The number of aromatic nitrogens is 2. The molecule has 0 atom stereocenters. The van der Waals surface area contributed by atoms with Crippen LogP contribution >= 0.6 is 11.3 Å². The Labute approximate surface area is 123 Å². The first-order valence-corrected chi connectivity index (χ1v) is 7.69. The quantitative estimate of drug-likeness (QED) is 0.920. The van der Waals surface area contributed by atoms with Crippen LogP contribution in [0.4, 0.5) is 5.95 Å². The van der Waals surface area contributed by atoms with Crippen molar-refractivity contribution in [2.75, 3.05) is 31.1 Å². The minimum absolute atomic E-state index is 0.643. The van der Waals surface area contributed by atoms with Gasteiger partial charge in [0.2, 0.25) is 5.95 Å². The number of anilines is 1. The van der Waals surface area contributed by atoms with E-state index in [1.165, 1.54) is 9.75 Å². The first-order valence-electron chi connectivity index (χ1n) is 6.87. The molecule has 0 spiro atoms. The van der Waals surface area contributed by atoms with Crippen LogP contribution in [0.5, 0.6) is 0 Å². The zero-order valence-corrected chi connectivity index (χ0v) is 12.2. The van der Waals surface area contributed by atoms with Crippen molar-refractivity contribution in [2.45, 2.75) is 13.1 Å². The van der Waals surface area contributed by atoms with Crippen molar-refractivity contribution in [3.63, 3.8) is 0 Å². The summed E-state index contributed by atoms with van der Waals surface area (Å²) < 4.78 is 0. The topological polar surface area (TPSA) is 58.3 Å². The summed E-state index contributed by atoms with van der Waals surface area (Å²) in [5.41, 5.74) is 5.66. The van der Waals surface area contributed by atoms with Gasteiger partial charge in [-0.05, 0) is 18.2 Å². The molecule has 3 heterocycles. The monoisotopic (exact) mass is 289 g/mol. The highest BCUT2D eigenvalue weighted by Crippen LogP contribution is 2.19. The highest BCUT2D eigenvalue weighted by atomic mass is 32.1. The number of rotatable bonds is 4. The highest BCUT2D eigenvalue weighted by molar-refractivity contribution is 7.11. The fourth-order valence-corrected chi connectivity index (χ4v) is 3.34. The third-order valence-corrected chi connectivity index (χ3v) is 4.60. The summed E-state index contributed by atoms with van der Waals surface area (Å²) >= 11 is 1.82. The van der Waals surface area contributed by atoms with Crippen LogP contribution in [0.1, 0.15) is 9.75 Å². The van der Waals surface area contributed by atoms with Crippen molar-refractivity contribution in [2.24, 2.45) is 5.73 Å². The third kappa shape index (κ3) is 3.15. The molecule has 1 fully saturated rings. The summed E-state index contributed by atoms with van der Waals surface area (Å²) in [6.07, 6.45) is 3.60. The van der Waals surface area contributed by atoms with Gasteiger partial charge in [-0.2, -0.15) is 0 Å². The van der Waals surface area contributed by atoms with Gasteiger partial charge in [0.05, 0.1) is 0 Å². The molecule has 1 aliphatic heterocycles. The first-order chi connectivity index (χ1) is 9.85. The molecule has 106 valence electrons. The van der Waals surface area contributed by atoms with Crippen LogP contribution in [-0.4, -0.2) is 41.0 Å². The summed E-state index contributed by atoms with van der Waals surface area (Å²) in [4.78, 5) is 16.0. The van der Waals surface area contributed by atoms with Crippen molar-refractivity contribution in [1.82, 2.24) is 14.9 Å². The van der Waals surface area contributed by atoms with Gasteiger partial charge >= 0.3 is 0 Å². The first kappa shape index (κ1) is 13.5. The van der Waals surface area contributed by atoms with E-state index in [9.17, 15) is 0 Å². The van der Waals surface area contributed by atoms with Crippen molar-refractivity contribution < 1.29 is 0 Å². The van der Waals surface area contributed by atoms with E-state index >= 15 is 0 Å². The van der Waals surface area contributed by atoms with Gasteiger partial charge in [0, 0.05) is 61.4 Å². The second-order valence-corrected chi connectivity index (χ2v) is 6.14. The number of hydrogen-bond donors (Lipinski definition) is 1. The molecular weight excluding hydrogens is 270 g/mol. The molecular formula is C14H19N5S. The Kier molecular flexibility index (Phi) is 4.25. The second-order valence-electron chi connectivity index (χ2n) is 4.88. The second kappa shape index (κ2) is 6.30. The molecule has 2 N–H and O–H groups in total. The molecule has 1 aliphatic rings. The summed E-state index contributed by atoms with van der Waals surface area (Å²) in [5.74, 6) is 0.841. The molecule has 1 saturated heterocycles. The Morgan fingerprint density at radius 1 is 1.05 bits per heavy atom. The number of thiophene rings is 1. The molecule has 2 aromatic heterocycles. The lowest BCUT2D eigenvalue weighted by atomic mass is 10.3. The van der Waals surface area contributed by atoms with Gasteiger partial charge in [-0.3, -0.25) is 4.90 Å². The van der Waals surface area contributed by atoms with E-state index in [1.54, 1.807) is 12.4 Å². The number of nitrogens with two attached hydrogens (primary N) is 1. The Morgan fingerprint density at radius 3 is 2.40 bits per heavy atom. The number of nitrogens with zero attached hydrogens (tertiary/aromatic N) is 4. The standard InChI is InChI=1S/C14H19N5S/c15-10-12-2-3-13(20-12)11-18-6-8-19(9-7-18)14-16-4-1-5-17-14/h1-5H,6-11,15H2. The molecule has 20 heavy (non-hydrogen) atoms. The summed E-state index contributed by atoms with van der Waals surface area (Å²) in [7, 11) is 0. The average Bonchev–Trinajstić information content (AvgIpc) is 2.97. The Bertz CT molecular complexity index is 534. The number of hydrogen-bond acceptors (Lipinski definition) is 6. The van der Waals surface area contributed by atoms with E-state index in [0.29, 0.717) is 6.54 Å². The Balaban J connectivity index is 1.53. The summed E-state index contributed by atoms with van der Waals surface area (Å²) in [5, 5.41) is 0. The van der Waals surface area contributed by atoms with Crippen molar-refractivity contribution in [3.8, 4) is 0 Å².